The summed E-state index contributed by atoms with van der Waals surface area (Å²) in [5.74, 6) is 0. The van der Waals surface area contributed by atoms with Gasteiger partial charge in [-0.3, -0.25) is 9.38 Å². The number of aromatic nitrogens is 5. The third kappa shape index (κ3) is 2.85. The van der Waals surface area contributed by atoms with Gasteiger partial charge in [0.05, 0.1) is 38.5 Å². The minimum atomic E-state index is 0.930. The molecule has 5 aromatic carbocycles. The van der Waals surface area contributed by atoms with Crippen molar-refractivity contribution in [2.75, 3.05) is 0 Å². The van der Waals surface area contributed by atoms with Crippen LogP contribution in [-0.4, -0.2) is 23.5 Å². The lowest BCUT2D eigenvalue weighted by Gasteiger charge is -2.15. The molecule has 0 saturated heterocycles. The molecule has 0 N–H and O–H groups in total. The molecular weight excluding hydrogens is 526 g/mol. The van der Waals surface area contributed by atoms with Gasteiger partial charge in [-0.2, -0.15) is 0 Å². The topological polar surface area (TPSA) is 40.1 Å². The molecule has 5 nitrogen and oxygen atoms in total. The maximum atomic E-state index is 5.07. The van der Waals surface area contributed by atoms with E-state index in [2.05, 4.69) is 135 Å². The average Bonchev–Trinajstić information content (AvgIpc) is 3.78. The van der Waals surface area contributed by atoms with Gasteiger partial charge in [0.15, 0.2) is 0 Å². The fraction of sp³-hybridized carbons (Fsp3) is 0. The van der Waals surface area contributed by atoms with Crippen molar-refractivity contribution >= 4 is 71.1 Å². The lowest BCUT2D eigenvalue weighted by Crippen LogP contribution is -1.99. The Balaban J connectivity index is 1.66. The van der Waals surface area contributed by atoms with Crippen LogP contribution in [0.1, 0.15) is 0 Å². The number of pyridine rings is 2. The molecule has 0 aliphatic carbocycles. The molecule has 0 saturated carbocycles. The Labute approximate surface area is 245 Å². The van der Waals surface area contributed by atoms with E-state index in [-0.39, 0.29) is 0 Å². The zero-order chi connectivity index (χ0) is 28.1. The van der Waals surface area contributed by atoms with Gasteiger partial charge in [-0.15, -0.1) is 0 Å². The van der Waals surface area contributed by atoms with Crippen molar-refractivity contribution in [2.45, 2.75) is 0 Å². The molecule has 10 aromatic rings. The number of imidazole rings is 1. The first-order valence-electron chi connectivity index (χ1n) is 14.5. The molecule has 5 heterocycles. The van der Waals surface area contributed by atoms with Gasteiger partial charge in [-0.1, -0.05) is 72.8 Å². The number of nitrogens with zero attached hydrogens (tertiary/aromatic N) is 5. The van der Waals surface area contributed by atoms with Gasteiger partial charge in [-0.05, 0) is 48.5 Å². The smallest absolute Gasteiger partial charge is 0.147 e. The predicted octanol–water partition coefficient (Wildman–Crippen LogP) is 9.23. The summed E-state index contributed by atoms with van der Waals surface area (Å²) in [6, 6.07) is 43.1. The number of fused-ring (bicyclic) bond motifs is 15. The minimum absolute atomic E-state index is 0.930. The van der Waals surface area contributed by atoms with Crippen molar-refractivity contribution in [3.8, 4) is 11.4 Å². The summed E-state index contributed by atoms with van der Waals surface area (Å²) < 4.78 is 7.06. The van der Waals surface area contributed by atoms with Crippen molar-refractivity contribution in [1.82, 2.24) is 23.5 Å². The molecule has 200 valence electrons. The first-order valence-corrected chi connectivity index (χ1v) is 14.5. The number of rotatable bonds is 2. The summed E-state index contributed by atoms with van der Waals surface area (Å²) in [5, 5.41) is 7.05. The third-order valence-electron chi connectivity index (χ3n) is 8.90. The number of hydrogen-bond acceptors (Lipinski definition) is 2. The highest BCUT2D eigenvalue weighted by Gasteiger charge is 2.27. The molecule has 0 bridgehead atoms. The van der Waals surface area contributed by atoms with Gasteiger partial charge in [-0.25, -0.2) is 4.98 Å². The van der Waals surface area contributed by atoms with Crippen LogP contribution in [0.2, 0.25) is 0 Å². The van der Waals surface area contributed by atoms with E-state index in [1.54, 1.807) is 0 Å². The molecule has 0 aliphatic rings. The highest BCUT2D eigenvalue weighted by molar-refractivity contribution is 6.41. The summed E-state index contributed by atoms with van der Waals surface area (Å²) in [5.41, 5.74) is 9.83. The Hall–Kier alpha value is -5.94. The minimum Gasteiger partial charge on any atom is -0.309 e. The number of hydrogen-bond donors (Lipinski definition) is 0. The first kappa shape index (κ1) is 22.7. The van der Waals surface area contributed by atoms with Crippen LogP contribution in [0, 0.1) is 0 Å². The maximum absolute atomic E-state index is 5.07. The van der Waals surface area contributed by atoms with Gasteiger partial charge < -0.3 is 9.13 Å². The SMILES string of the molecule is c1ccc(-n2c3ccccc3c3c4c5ncccc5n5ccnc5c4c4c(c5ccccc5n4-c4ccccc4)c32)cc1. The quantitative estimate of drug-likeness (QED) is 0.202. The molecule has 0 aliphatic heterocycles. The second-order valence-corrected chi connectivity index (χ2v) is 11.1. The monoisotopic (exact) mass is 549 g/mol. The number of benzene rings is 5. The average molecular weight is 550 g/mol. The summed E-state index contributed by atoms with van der Waals surface area (Å²) in [6.07, 6.45) is 5.86. The Morgan fingerprint density at radius 1 is 0.419 bits per heavy atom. The normalized spacial score (nSPS) is 12.2. The molecule has 0 fully saturated rings. The van der Waals surface area contributed by atoms with Gasteiger partial charge in [0.25, 0.3) is 0 Å². The van der Waals surface area contributed by atoms with E-state index in [4.69, 9.17) is 9.97 Å². The van der Waals surface area contributed by atoms with Gasteiger partial charge >= 0.3 is 0 Å². The maximum Gasteiger partial charge on any atom is 0.147 e. The van der Waals surface area contributed by atoms with Gasteiger partial charge in [0.1, 0.15) is 5.65 Å². The zero-order valence-corrected chi connectivity index (χ0v) is 23.0. The fourth-order valence-corrected chi connectivity index (χ4v) is 7.30. The van der Waals surface area contributed by atoms with Crippen LogP contribution in [0.4, 0.5) is 0 Å². The van der Waals surface area contributed by atoms with Gasteiger partial charge in [0.2, 0.25) is 0 Å². The molecule has 5 aromatic heterocycles. The summed E-state index contributed by atoms with van der Waals surface area (Å²) in [7, 11) is 0. The second kappa shape index (κ2) is 8.30. The van der Waals surface area contributed by atoms with Crippen LogP contribution in [-0.2, 0) is 0 Å². The summed E-state index contributed by atoms with van der Waals surface area (Å²) >= 11 is 0. The summed E-state index contributed by atoms with van der Waals surface area (Å²) in [6.45, 7) is 0. The van der Waals surface area contributed by atoms with E-state index >= 15 is 0 Å². The highest BCUT2D eigenvalue weighted by atomic mass is 15.0. The zero-order valence-electron chi connectivity index (χ0n) is 23.0. The van der Waals surface area contributed by atoms with E-state index < -0.39 is 0 Å². The lowest BCUT2D eigenvalue weighted by atomic mass is 9.98. The van der Waals surface area contributed by atoms with Crippen LogP contribution >= 0.6 is 0 Å². The molecule has 0 unspecified atom stereocenters. The lowest BCUT2D eigenvalue weighted by molar-refractivity contribution is 1.18. The standard InChI is InChI=1S/C38H23N5/c1-3-12-24(13-4-1)42-28-18-9-7-16-26(28)31-33-34(38-40-22-23-41(38)30-20-11-21-39-35(30)33)37-32(36(31)42)27-17-8-10-19-29(27)43(37)25-14-5-2-6-15-25/h1-23H. The van der Waals surface area contributed by atoms with E-state index in [9.17, 15) is 0 Å². The van der Waals surface area contributed by atoms with Crippen molar-refractivity contribution < 1.29 is 0 Å². The van der Waals surface area contributed by atoms with E-state index in [1.807, 2.05) is 18.5 Å². The molecule has 0 atom stereocenters. The van der Waals surface area contributed by atoms with Crippen LogP contribution in [0.15, 0.2) is 140 Å². The van der Waals surface area contributed by atoms with Crippen LogP contribution < -0.4 is 0 Å². The fourth-order valence-electron chi connectivity index (χ4n) is 7.30. The molecule has 10 rings (SSSR count). The van der Waals surface area contributed by atoms with Crippen molar-refractivity contribution in [1.29, 1.82) is 0 Å². The molecular formula is C38H23N5. The largest absolute Gasteiger partial charge is 0.309 e. The van der Waals surface area contributed by atoms with Crippen LogP contribution in [0.5, 0.6) is 0 Å². The Morgan fingerprint density at radius 3 is 1.65 bits per heavy atom. The van der Waals surface area contributed by atoms with Crippen molar-refractivity contribution in [3.63, 3.8) is 0 Å². The molecule has 43 heavy (non-hydrogen) atoms. The Kier molecular flexibility index (Phi) is 4.39. The van der Waals surface area contributed by atoms with E-state index in [0.29, 0.717) is 0 Å². The first-order chi connectivity index (χ1) is 21.4. The molecule has 0 radical (unpaired) electrons. The van der Waals surface area contributed by atoms with E-state index in [0.717, 1.165) is 49.9 Å². The van der Waals surface area contributed by atoms with Crippen molar-refractivity contribution in [3.05, 3.63) is 140 Å². The Bertz CT molecular complexity index is 2710. The van der Waals surface area contributed by atoms with Crippen LogP contribution in [0.25, 0.3) is 82.4 Å². The predicted molar refractivity (Wildman–Crippen MR) is 177 cm³/mol. The Morgan fingerprint density at radius 2 is 0.977 bits per heavy atom. The summed E-state index contributed by atoms with van der Waals surface area (Å²) in [4.78, 5) is 10.1. The number of para-hydroxylation sites is 4. The van der Waals surface area contributed by atoms with Crippen molar-refractivity contribution in [2.24, 2.45) is 0 Å². The van der Waals surface area contributed by atoms with Gasteiger partial charge in [0, 0.05) is 56.9 Å². The van der Waals surface area contributed by atoms with Crippen LogP contribution in [0.3, 0.4) is 0 Å². The van der Waals surface area contributed by atoms with E-state index in [1.165, 1.54) is 32.6 Å². The highest BCUT2D eigenvalue weighted by Crippen LogP contribution is 2.49. The third-order valence-corrected chi connectivity index (χ3v) is 8.90. The molecule has 5 heteroatoms. The molecule has 0 spiro atoms. The molecule has 0 amide bonds. The second-order valence-electron chi connectivity index (χ2n) is 11.1.